The van der Waals surface area contributed by atoms with Gasteiger partial charge in [-0.05, 0) is 56.0 Å². The summed E-state index contributed by atoms with van der Waals surface area (Å²) in [6.45, 7) is 4.80. The van der Waals surface area contributed by atoms with Crippen molar-refractivity contribution < 1.29 is 13.2 Å². The quantitative estimate of drug-likeness (QED) is 0.911. The number of carbonyl (C=O) groups excluding carboxylic acids is 1. The second-order valence-electron chi connectivity index (χ2n) is 6.36. The monoisotopic (exact) mass is 358 g/mol. The molecule has 3 rings (SSSR count). The van der Waals surface area contributed by atoms with Crippen LogP contribution >= 0.6 is 0 Å². The molecule has 0 atom stereocenters. The van der Waals surface area contributed by atoms with E-state index in [1.165, 1.54) is 10.4 Å². The average molecular weight is 358 g/mol. The molecule has 1 heterocycles. The number of anilines is 1. The number of benzene rings is 2. The number of aryl methyl sites for hydroxylation is 2. The van der Waals surface area contributed by atoms with E-state index >= 15 is 0 Å². The highest BCUT2D eigenvalue weighted by Gasteiger charge is 2.28. The van der Waals surface area contributed by atoms with Crippen molar-refractivity contribution in [3.8, 4) is 0 Å². The van der Waals surface area contributed by atoms with Crippen LogP contribution in [0.4, 0.5) is 5.69 Å². The van der Waals surface area contributed by atoms with Crippen molar-refractivity contribution in [2.45, 2.75) is 31.6 Å². The number of carbonyl (C=O) groups is 1. The predicted octanol–water partition coefficient (Wildman–Crippen LogP) is 3.34. The molecule has 0 aliphatic carbocycles. The molecule has 1 fully saturated rings. The minimum absolute atomic E-state index is 0.176. The van der Waals surface area contributed by atoms with Crippen molar-refractivity contribution in [2.75, 3.05) is 18.4 Å². The Labute approximate surface area is 148 Å². The third-order valence-electron chi connectivity index (χ3n) is 4.55. The Balaban J connectivity index is 1.91. The van der Waals surface area contributed by atoms with E-state index in [0.29, 0.717) is 18.7 Å². The van der Waals surface area contributed by atoms with Gasteiger partial charge in [-0.15, -0.1) is 0 Å². The fourth-order valence-electron chi connectivity index (χ4n) is 2.99. The molecule has 1 aliphatic rings. The van der Waals surface area contributed by atoms with Gasteiger partial charge in [0.1, 0.15) is 0 Å². The molecular formula is C19H22N2O3S. The molecule has 25 heavy (non-hydrogen) atoms. The summed E-state index contributed by atoms with van der Waals surface area (Å²) in [6.07, 6.45) is 1.76. The smallest absolute Gasteiger partial charge is 0.255 e. The number of hydrogen-bond donors (Lipinski definition) is 1. The lowest BCUT2D eigenvalue weighted by atomic mass is 10.1. The maximum Gasteiger partial charge on any atom is 0.255 e. The van der Waals surface area contributed by atoms with Gasteiger partial charge >= 0.3 is 0 Å². The summed E-state index contributed by atoms with van der Waals surface area (Å²) in [5.41, 5.74) is 2.80. The van der Waals surface area contributed by atoms with Crippen molar-refractivity contribution >= 4 is 21.6 Å². The SMILES string of the molecule is Cc1ccccc1NC(=O)c1cc(S(=O)(=O)N2CCCC2)ccc1C. The van der Waals surface area contributed by atoms with E-state index in [1.54, 1.807) is 19.1 Å². The highest BCUT2D eigenvalue weighted by atomic mass is 32.2. The zero-order chi connectivity index (χ0) is 18.0. The number of hydrogen-bond acceptors (Lipinski definition) is 3. The van der Waals surface area contributed by atoms with Crippen LogP contribution in [0.1, 0.15) is 34.3 Å². The molecule has 0 saturated carbocycles. The van der Waals surface area contributed by atoms with Crippen LogP contribution < -0.4 is 5.32 Å². The Morgan fingerprint density at radius 1 is 1.00 bits per heavy atom. The largest absolute Gasteiger partial charge is 0.322 e. The Hall–Kier alpha value is -2.18. The number of rotatable bonds is 4. The molecule has 2 aromatic rings. The predicted molar refractivity (Wildman–Crippen MR) is 98.3 cm³/mol. The van der Waals surface area contributed by atoms with Gasteiger partial charge in [-0.25, -0.2) is 8.42 Å². The lowest BCUT2D eigenvalue weighted by Gasteiger charge is -2.17. The molecule has 132 valence electrons. The first-order valence-corrected chi connectivity index (χ1v) is 9.81. The highest BCUT2D eigenvalue weighted by Crippen LogP contribution is 2.24. The molecule has 0 radical (unpaired) electrons. The van der Waals surface area contributed by atoms with E-state index in [-0.39, 0.29) is 10.8 Å². The number of amides is 1. The molecule has 0 spiro atoms. The van der Waals surface area contributed by atoms with E-state index in [9.17, 15) is 13.2 Å². The molecule has 0 unspecified atom stereocenters. The van der Waals surface area contributed by atoms with E-state index in [4.69, 9.17) is 0 Å². The number of para-hydroxylation sites is 1. The maximum absolute atomic E-state index is 12.7. The number of nitrogens with zero attached hydrogens (tertiary/aromatic N) is 1. The summed E-state index contributed by atoms with van der Waals surface area (Å²) < 4.78 is 26.9. The van der Waals surface area contributed by atoms with Crippen molar-refractivity contribution in [1.29, 1.82) is 0 Å². The van der Waals surface area contributed by atoms with Gasteiger partial charge in [0.25, 0.3) is 5.91 Å². The van der Waals surface area contributed by atoms with Gasteiger partial charge in [0.05, 0.1) is 4.90 Å². The molecule has 1 amide bonds. The van der Waals surface area contributed by atoms with Crippen molar-refractivity contribution in [2.24, 2.45) is 0 Å². The zero-order valence-electron chi connectivity index (χ0n) is 14.5. The van der Waals surface area contributed by atoms with Gasteiger partial charge in [0.2, 0.25) is 10.0 Å². The van der Waals surface area contributed by atoms with Crippen LogP contribution in [0.15, 0.2) is 47.4 Å². The molecule has 0 aromatic heterocycles. The van der Waals surface area contributed by atoms with E-state index in [0.717, 1.165) is 29.7 Å². The fraction of sp³-hybridized carbons (Fsp3) is 0.316. The summed E-state index contributed by atoms with van der Waals surface area (Å²) in [4.78, 5) is 12.8. The molecule has 5 nitrogen and oxygen atoms in total. The summed E-state index contributed by atoms with van der Waals surface area (Å²) >= 11 is 0. The first-order chi connectivity index (χ1) is 11.9. The summed E-state index contributed by atoms with van der Waals surface area (Å²) in [5.74, 6) is -0.301. The third-order valence-corrected chi connectivity index (χ3v) is 6.44. The molecule has 1 saturated heterocycles. The topological polar surface area (TPSA) is 66.5 Å². The lowest BCUT2D eigenvalue weighted by Crippen LogP contribution is -2.28. The normalized spacial score (nSPS) is 15.3. The number of nitrogens with one attached hydrogen (secondary N) is 1. The zero-order valence-corrected chi connectivity index (χ0v) is 15.3. The average Bonchev–Trinajstić information content (AvgIpc) is 3.12. The van der Waals surface area contributed by atoms with Crippen LogP contribution in [0.2, 0.25) is 0 Å². The van der Waals surface area contributed by atoms with Crippen LogP contribution in [-0.4, -0.2) is 31.7 Å². The standard InChI is InChI=1S/C19H22N2O3S/c1-14-9-10-16(25(23,24)21-11-5-6-12-21)13-17(14)19(22)20-18-8-4-3-7-15(18)2/h3-4,7-10,13H,5-6,11-12H2,1-2H3,(H,20,22). The first kappa shape index (κ1) is 17.6. The lowest BCUT2D eigenvalue weighted by molar-refractivity contribution is 0.102. The van der Waals surface area contributed by atoms with Crippen LogP contribution in [0.5, 0.6) is 0 Å². The van der Waals surface area contributed by atoms with Gasteiger partial charge in [0.15, 0.2) is 0 Å². The maximum atomic E-state index is 12.7. The Morgan fingerprint density at radius 3 is 2.36 bits per heavy atom. The van der Waals surface area contributed by atoms with Crippen LogP contribution in [0.3, 0.4) is 0 Å². The molecule has 2 aromatic carbocycles. The van der Waals surface area contributed by atoms with E-state index < -0.39 is 10.0 Å². The third kappa shape index (κ3) is 3.60. The van der Waals surface area contributed by atoms with E-state index in [1.807, 2.05) is 31.2 Å². The van der Waals surface area contributed by atoms with Crippen molar-refractivity contribution in [3.05, 3.63) is 59.2 Å². The Bertz CT molecular complexity index is 901. The van der Waals surface area contributed by atoms with Crippen LogP contribution in [0, 0.1) is 13.8 Å². The highest BCUT2D eigenvalue weighted by molar-refractivity contribution is 7.89. The summed E-state index contributed by atoms with van der Waals surface area (Å²) in [6, 6.07) is 12.2. The molecule has 6 heteroatoms. The molecule has 1 N–H and O–H groups in total. The summed E-state index contributed by atoms with van der Waals surface area (Å²) in [7, 11) is -3.54. The van der Waals surface area contributed by atoms with Crippen LogP contribution in [0.25, 0.3) is 0 Å². The Morgan fingerprint density at radius 2 is 1.68 bits per heavy atom. The van der Waals surface area contributed by atoms with Gasteiger partial charge in [-0.1, -0.05) is 24.3 Å². The van der Waals surface area contributed by atoms with Crippen molar-refractivity contribution in [3.63, 3.8) is 0 Å². The van der Waals surface area contributed by atoms with E-state index in [2.05, 4.69) is 5.32 Å². The Kier molecular flexibility index (Phi) is 4.92. The second-order valence-corrected chi connectivity index (χ2v) is 8.29. The fourth-order valence-corrected chi connectivity index (χ4v) is 4.53. The first-order valence-electron chi connectivity index (χ1n) is 8.37. The van der Waals surface area contributed by atoms with Gasteiger partial charge in [0, 0.05) is 24.3 Å². The number of sulfonamides is 1. The van der Waals surface area contributed by atoms with Crippen LogP contribution in [-0.2, 0) is 10.0 Å². The minimum atomic E-state index is -3.54. The molecular weight excluding hydrogens is 336 g/mol. The van der Waals surface area contributed by atoms with Gasteiger partial charge < -0.3 is 5.32 Å². The van der Waals surface area contributed by atoms with Crippen molar-refractivity contribution in [1.82, 2.24) is 4.31 Å². The second kappa shape index (κ2) is 6.98. The molecule has 0 bridgehead atoms. The minimum Gasteiger partial charge on any atom is -0.322 e. The van der Waals surface area contributed by atoms with Gasteiger partial charge in [-0.2, -0.15) is 4.31 Å². The molecule has 1 aliphatic heterocycles. The summed E-state index contributed by atoms with van der Waals surface area (Å²) in [5, 5.41) is 2.87. The van der Waals surface area contributed by atoms with Gasteiger partial charge in [-0.3, -0.25) is 4.79 Å².